The fraction of sp³-hybridized carbons (Fsp3) is 0.292. The average Bonchev–Trinajstić information content (AvgIpc) is 3.15. The van der Waals surface area contributed by atoms with E-state index in [1.807, 2.05) is 30.3 Å². The molecule has 2 fully saturated rings. The summed E-state index contributed by atoms with van der Waals surface area (Å²) in [7, 11) is 0. The largest absolute Gasteiger partial charge is 0.478 e. The van der Waals surface area contributed by atoms with Crippen molar-refractivity contribution in [3.05, 3.63) is 60.0 Å². The number of hydrogen-bond acceptors (Lipinski definition) is 6. The molecule has 2 aliphatic heterocycles. The minimum Gasteiger partial charge on any atom is -0.478 e. The van der Waals surface area contributed by atoms with Crippen LogP contribution in [0.1, 0.15) is 22.1 Å². The molecule has 2 saturated heterocycles. The van der Waals surface area contributed by atoms with E-state index in [0.717, 1.165) is 46.7 Å². The van der Waals surface area contributed by atoms with Crippen molar-refractivity contribution in [3.8, 4) is 5.69 Å². The van der Waals surface area contributed by atoms with Crippen LogP contribution >= 0.6 is 0 Å². The Hall–Kier alpha value is -3.49. The van der Waals surface area contributed by atoms with Crippen molar-refractivity contribution >= 4 is 33.6 Å². The van der Waals surface area contributed by atoms with Gasteiger partial charge >= 0.3 is 5.97 Å². The number of anilines is 1. The van der Waals surface area contributed by atoms with Crippen LogP contribution in [0.5, 0.6) is 0 Å². The Morgan fingerprint density at radius 2 is 1.88 bits per heavy atom. The molecule has 0 radical (unpaired) electrons. The molecule has 0 aliphatic carbocycles. The third-order valence-corrected chi connectivity index (χ3v) is 6.25. The minimum atomic E-state index is -0.981. The van der Waals surface area contributed by atoms with E-state index in [4.69, 9.17) is 14.5 Å². The van der Waals surface area contributed by atoms with Gasteiger partial charge in [-0.3, -0.25) is 9.55 Å². The Labute approximate surface area is 184 Å². The molecule has 0 saturated carbocycles. The summed E-state index contributed by atoms with van der Waals surface area (Å²) >= 11 is 0. The van der Waals surface area contributed by atoms with E-state index >= 15 is 0 Å². The highest BCUT2D eigenvalue weighted by molar-refractivity contribution is 6.04. The zero-order chi connectivity index (χ0) is 21.7. The third-order valence-electron chi connectivity index (χ3n) is 6.25. The second-order valence-electron chi connectivity index (χ2n) is 8.15. The SMILES string of the molecule is O=C(O)c1cc(N2CCOCC2)cc2c1nc(C1COC1)n2-c1ccnc2ccccc12. The van der Waals surface area contributed by atoms with E-state index in [1.165, 1.54) is 0 Å². The van der Waals surface area contributed by atoms with E-state index in [0.29, 0.717) is 31.9 Å². The van der Waals surface area contributed by atoms with Crippen LogP contribution in [0.15, 0.2) is 48.7 Å². The van der Waals surface area contributed by atoms with Crippen LogP contribution in [-0.2, 0) is 9.47 Å². The summed E-state index contributed by atoms with van der Waals surface area (Å²) in [4.78, 5) is 23.8. The van der Waals surface area contributed by atoms with E-state index < -0.39 is 5.97 Å². The molecular weight excluding hydrogens is 408 g/mol. The molecule has 8 nitrogen and oxygen atoms in total. The number of pyridine rings is 1. The molecule has 2 aliphatic rings. The molecule has 4 heterocycles. The van der Waals surface area contributed by atoms with E-state index in [9.17, 15) is 9.90 Å². The second kappa shape index (κ2) is 7.58. The normalized spacial score (nSPS) is 17.1. The maximum atomic E-state index is 12.2. The number of carboxylic acid groups (broad SMARTS) is 1. The van der Waals surface area contributed by atoms with Crippen LogP contribution in [0.25, 0.3) is 27.6 Å². The van der Waals surface area contributed by atoms with Crippen molar-refractivity contribution in [1.82, 2.24) is 14.5 Å². The number of fused-ring (bicyclic) bond motifs is 2. The van der Waals surface area contributed by atoms with Crippen molar-refractivity contribution in [2.45, 2.75) is 5.92 Å². The zero-order valence-electron chi connectivity index (χ0n) is 17.4. The molecule has 2 aromatic heterocycles. The fourth-order valence-electron chi connectivity index (χ4n) is 4.53. The molecule has 32 heavy (non-hydrogen) atoms. The summed E-state index contributed by atoms with van der Waals surface area (Å²) in [5.41, 5.74) is 4.18. The number of ether oxygens (including phenoxy) is 2. The van der Waals surface area contributed by atoms with Crippen molar-refractivity contribution in [2.75, 3.05) is 44.4 Å². The quantitative estimate of drug-likeness (QED) is 0.532. The summed E-state index contributed by atoms with van der Waals surface area (Å²) in [6, 6.07) is 13.7. The highest BCUT2D eigenvalue weighted by Crippen LogP contribution is 2.36. The zero-order valence-corrected chi connectivity index (χ0v) is 17.4. The number of imidazole rings is 1. The van der Waals surface area contributed by atoms with Gasteiger partial charge in [0.2, 0.25) is 0 Å². The summed E-state index contributed by atoms with van der Waals surface area (Å²) in [6.45, 7) is 3.84. The van der Waals surface area contributed by atoms with Gasteiger partial charge in [-0.05, 0) is 24.3 Å². The third kappa shape index (κ3) is 3.03. The fourth-order valence-corrected chi connectivity index (χ4v) is 4.53. The van der Waals surface area contributed by atoms with Gasteiger partial charge in [-0.15, -0.1) is 0 Å². The first-order chi connectivity index (χ1) is 15.7. The van der Waals surface area contributed by atoms with E-state index in [2.05, 4.69) is 20.5 Å². The van der Waals surface area contributed by atoms with Crippen LogP contribution in [0.3, 0.4) is 0 Å². The molecule has 0 amide bonds. The number of aromatic carboxylic acids is 1. The predicted molar refractivity (Wildman–Crippen MR) is 120 cm³/mol. The molecule has 0 bridgehead atoms. The van der Waals surface area contributed by atoms with Gasteiger partial charge in [-0.25, -0.2) is 9.78 Å². The molecule has 162 valence electrons. The number of aromatic nitrogens is 3. The number of hydrogen-bond donors (Lipinski definition) is 1. The number of benzene rings is 2. The Kier molecular flexibility index (Phi) is 4.55. The maximum absolute atomic E-state index is 12.2. The van der Waals surface area contributed by atoms with Crippen LogP contribution in [0.4, 0.5) is 5.69 Å². The van der Waals surface area contributed by atoms with Crippen LogP contribution in [-0.4, -0.2) is 65.1 Å². The van der Waals surface area contributed by atoms with Crippen molar-refractivity contribution < 1.29 is 19.4 Å². The summed E-state index contributed by atoms with van der Waals surface area (Å²) in [5.74, 6) is -0.0437. The number of carbonyl (C=O) groups is 1. The lowest BCUT2D eigenvalue weighted by atomic mass is 10.1. The maximum Gasteiger partial charge on any atom is 0.338 e. The lowest BCUT2D eigenvalue weighted by Crippen LogP contribution is -2.36. The molecule has 0 unspecified atom stereocenters. The lowest BCUT2D eigenvalue weighted by Gasteiger charge is -2.29. The summed E-state index contributed by atoms with van der Waals surface area (Å²) < 4.78 is 13.0. The smallest absolute Gasteiger partial charge is 0.338 e. The van der Waals surface area contributed by atoms with Crippen LogP contribution in [0, 0.1) is 0 Å². The molecule has 8 heteroatoms. The highest BCUT2D eigenvalue weighted by atomic mass is 16.5. The van der Waals surface area contributed by atoms with Gasteiger partial charge < -0.3 is 19.5 Å². The van der Waals surface area contributed by atoms with Gasteiger partial charge in [0.1, 0.15) is 11.3 Å². The van der Waals surface area contributed by atoms with Gasteiger partial charge in [-0.1, -0.05) is 18.2 Å². The van der Waals surface area contributed by atoms with E-state index in [-0.39, 0.29) is 11.5 Å². The molecule has 6 rings (SSSR count). The van der Waals surface area contributed by atoms with Gasteiger partial charge in [0, 0.05) is 30.4 Å². The van der Waals surface area contributed by atoms with Crippen molar-refractivity contribution in [1.29, 1.82) is 0 Å². The summed E-state index contributed by atoms with van der Waals surface area (Å²) in [5, 5.41) is 11.0. The van der Waals surface area contributed by atoms with Crippen molar-refractivity contribution in [2.24, 2.45) is 0 Å². The Bertz CT molecular complexity index is 1330. The van der Waals surface area contributed by atoms with E-state index in [1.54, 1.807) is 12.3 Å². The average molecular weight is 430 g/mol. The number of morpholine rings is 1. The molecular formula is C24H22N4O4. The molecule has 0 atom stereocenters. The number of carboxylic acids is 1. The first kappa shape index (κ1) is 19.2. The molecule has 1 N–H and O–H groups in total. The van der Waals surface area contributed by atoms with Gasteiger partial charge in [-0.2, -0.15) is 0 Å². The van der Waals surface area contributed by atoms with Crippen molar-refractivity contribution in [3.63, 3.8) is 0 Å². The Morgan fingerprint density at radius 3 is 2.62 bits per heavy atom. The highest BCUT2D eigenvalue weighted by Gasteiger charge is 2.30. The first-order valence-electron chi connectivity index (χ1n) is 10.7. The molecule has 4 aromatic rings. The van der Waals surface area contributed by atoms with Gasteiger partial charge in [0.15, 0.2) is 0 Å². The topological polar surface area (TPSA) is 89.7 Å². The Balaban J connectivity index is 1.66. The second-order valence-corrected chi connectivity index (χ2v) is 8.15. The number of nitrogens with zero attached hydrogens (tertiary/aromatic N) is 4. The van der Waals surface area contributed by atoms with Crippen LogP contribution in [0.2, 0.25) is 0 Å². The summed E-state index contributed by atoms with van der Waals surface area (Å²) in [6.07, 6.45) is 1.79. The Morgan fingerprint density at radius 1 is 1.06 bits per heavy atom. The number of para-hydroxylation sites is 1. The number of rotatable bonds is 4. The minimum absolute atomic E-state index is 0.114. The first-order valence-corrected chi connectivity index (χ1v) is 10.7. The predicted octanol–water partition coefficient (Wildman–Crippen LogP) is 3.22. The lowest BCUT2D eigenvalue weighted by molar-refractivity contribution is 0.00449. The molecule has 0 spiro atoms. The van der Waals surface area contributed by atoms with Gasteiger partial charge in [0.25, 0.3) is 0 Å². The van der Waals surface area contributed by atoms with Crippen LogP contribution < -0.4 is 4.90 Å². The molecule has 2 aromatic carbocycles. The van der Waals surface area contributed by atoms with Gasteiger partial charge in [0.05, 0.1) is 54.6 Å². The standard InChI is InChI=1S/C24H22N4O4/c29-24(30)18-11-16(27-7-9-31-10-8-27)12-21-22(18)26-23(15-13-32-14-15)28(21)20-5-6-25-19-4-2-1-3-17(19)20/h1-6,11-12,15H,7-10,13-14H2,(H,29,30). The monoisotopic (exact) mass is 430 g/mol.